The molecule has 2 heterocycles. The molecule has 44 heavy (non-hydrogen) atoms. The van der Waals surface area contributed by atoms with Crippen LogP contribution in [0.1, 0.15) is 26.9 Å². The Balaban J connectivity index is 1.66. The van der Waals surface area contributed by atoms with Crippen molar-refractivity contribution >= 4 is 48.5 Å². The minimum absolute atomic E-state index is 0.0272. The molecule has 2 unspecified atom stereocenters. The van der Waals surface area contributed by atoms with Crippen LogP contribution in [-0.2, 0) is 23.7 Å². The van der Waals surface area contributed by atoms with E-state index in [0.29, 0.717) is 0 Å². The van der Waals surface area contributed by atoms with Crippen LogP contribution in [0.5, 0.6) is 0 Å². The van der Waals surface area contributed by atoms with Crippen LogP contribution in [0.15, 0.2) is 76.8 Å². The smallest absolute Gasteiger partial charge is 0.351 e. The standard InChI is InChI=1S/C27H24ClFN6O8S/c28-18-8-4-7-17(11-18)24(37)41-14-27(33-34-30)22(42-25(38)16-5-2-1-3-6-16)21(29)23(43-27)35-10-9-20(32-26(35)39)31-19(13-44)12-40-15-36/h1-11,15,19,21-23,44H,12-14H2,(H,31,32,39)/t19-,21+,22?,23?,27-/m1/s1. The van der Waals surface area contributed by atoms with Crippen LogP contribution in [0.25, 0.3) is 10.4 Å². The van der Waals surface area contributed by atoms with Crippen molar-refractivity contribution in [3.05, 3.63) is 104 Å². The highest BCUT2D eigenvalue weighted by atomic mass is 35.5. The summed E-state index contributed by atoms with van der Waals surface area (Å²) in [6.07, 6.45) is -5.00. The summed E-state index contributed by atoms with van der Waals surface area (Å²) in [6, 6.07) is 14.1. The molecule has 2 aromatic carbocycles. The van der Waals surface area contributed by atoms with E-state index in [9.17, 15) is 24.7 Å². The number of alkyl halides is 1. The average Bonchev–Trinajstić information content (AvgIpc) is 3.29. The highest BCUT2D eigenvalue weighted by molar-refractivity contribution is 7.80. The van der Waals surface area contributed by atoms with Crippen molar-refractivity contribution < 1.29 is 37.7 Å². The summed E-state index contributed by atoms with van der Waals surface area (Å²) in [7, 11) is 0. The summed E-state index contributed by atoms with van der Waals surface area (Å²) in [5.74, 6) is -1.66. The van der Waals surface area contributed by atoms with Crippen molar-refractivity contribution in [1.29, 1.82) is 0 Å². The van der Waals surface area contributed by atoms with Gasteiger partial charge in [0.25, 0.3) is 6.47 Å². The van der Waals surface area contributed by atoms with E-state index in [1.54, 1.807) is 18.2 Å². The number of nitrogens with zero attached hydrogens (tertiary/aromatic N) is 5. The van der Waals surface area contributed by atoms with E-state index in [1.165, 1.54) is 42.5 Å². The number of hydrogen-bond donors (Lipinski definition) is 2. The molecule has 1 N–H and O–H groups in total. The number of rotatable bonds is 13. The van der Waals surface area contributed by atoms with Gasteiger partial charge in [-0.2, -0.15) is 17.6 Å². The molecular formula is C27H24ClFN6O8S. The zero-order valence-corrected chi connectivity index (χ0v) is 24.2. The topological polar surface area (TPSA) is 184 Å². The van der Waals surface area contributed by atoms with Crippen LogP contribution in [-0.4, -0.2) is 71.0 Å². The maximum Gasteiger partial charge on any atom is 0.351 e. The first-order chi connectivity index (χ1) is 21.2. The number of carbonyl (C=O) groups excluding carboxylic acids is 3. The Bertz CT molecular complexity index is 1610. The lowest BCUT2D eigenvalue weighted by Crippen LogP contribution is -2.47. The van der Waals surface area contributed by atoms with Crippen LogP contribution in [0.3, 0.4) is 0 Å². The summed E-state index contributed by atoms with van der Waals surface area (Å²) >= 11 is 10.1. The molecule has 0 bridgehead atoms. The average molecular weight is 647 g/mol. The van der Waals surface area contributed by atoms with Gasteiger partial charge in [-0.05, 0) is 41.9 Å². The number of hydrogen-bond acceptors (Lipinski definition) is 12. The van der Waals surface area contributed by atoms with E-state index < -0.39 is 54.5 Å². The molecule has 1 aromatic heterocycles. The fourth-order valence-corrected chi connectivity index (χ4v) is 4.61. The van der Waals surface area contributed by atoms with E-state index in [2.05, 4.69) is 33.0 Å². The summed E-state index contributed by atoms with van der Waals surface area (Å²) in [4.78, 5) is 55.8. The first kappa shape index (κ1) is 32.3. The summed E-state index contributed by atoms with van der Waals surface area (Å²) < 4.78 is 38.2. The van der Waals surface area contributed by atoms with Gasteiger partial charge in [0.1, 0.15) is 19.0 Å². The zero-order chi connectivity index (χ0) is 31.7. The lowest BCUT2D eigenvalue weighted by atomic mass is 10.1. The van der Waals surface area contributed by atoms with Crippen molar-refractivity contribution in [2.75, 3.05) is 24.3 Å². The van der Waals surface area contributed by atoms with Crippen LogP contribution in [0, 0.1) is 0 Å². The minimum Gasteiger partial charge on any atom is -0.466 e. The number of halogens is 2. The fourth-order valence-electron chi connectivity index (χ4n) is 4.22. The molecule has 0 aliphatic carbocycles. The molecular weight excluding hydrogens is 623 g/mol. The van der Waals surface area contributed by atoms with Gasteiger partial charge in [-0.15, -0.1) is 0 Å². The second kappa shape index (κ2) is 14.7. The molecule has 14 nitrogen and oxygen atoms in total. The molecule has 230 valence electrons. The van der Waals surface area contributed by atoms with E-state index in [4.69, 9.17) is 30.5 Å². The van der Waals surface area contributed by atoms with Crippen LogP contribution in [0.4, 0.5) is 10.2 Å². The number of anilines is 1. The zero-order valence-electron chi connectivity index (χ0n) is 22.6. The molecule has 0 radical (unpaired) electrons. The first-order valence-electron chi connectivity index (χ1n) is 12.8. The van der Waals surface area contributed by atoms with Crippen LogP contribution >= 0.6 is 24.2 Å². The second-order valence-electron chi connectivity index (χ2n) is 9.22. The van der Waals surface area contributed by atoms with E-state index in [0.717, 1.165) is 10.8 Å². The number of aromatic nitrogens is 2. The molecule has 1 saturated heterocycles. The van der Waals surface area contributed by atoms with E-state index in [1.807, 2.05) is 0 Å². The van der Waals surface area contributed by atoms with Crippen molar-refractivity contribution in [2.24, 2.45) is 5.11 Å². The maximum absolute atomic E-state index is 16.2. The number of carbonyl (C=O) groups is 3. The Kier molecular flexibility index (Phi) is 10.8. The van der Waals surface area contributed by atoms with Crippen LogP contribution in [0.2, 0.25) is 5.02 Å². The third-order valence-electron chi connectivity index (χ3n) is 6.30. The first-order valence-corrected chi connectivity index (χ1v) is 13.8. The predicted molar refractivity (Wildman–Crippen MR) is 156 cm³/mol. The van der Waals surface area contributed by atoms with Gasteiger partial charge in [0, 0.05) is 21.9 Å². The highest BCUT2D eigenvalue weighted by Crippen LogP contribution is 2.42. The number of esters is 2. The Morgan fingerprint density at radius 3 is 2.64 bits per heavy atom. The van der Waals surface area contributed by atoms with E-state index in [-0.39, 0.29) is 40.8 Å². The molecule has 0 saturated carbocycles. The number of azide groups is 1. The van der Waals surface area contributed by atoms with E-state index >= 15 is 4.39 Å². The van der Waals surface area contributed by atoms with Gasteiger partial charge >= 0.3 is 17.6 Å². The highest BCUT2D eigenvalue weighted by Gasteiger charge is 2.60. The number of nitrogens with one attached hydrogen (secondary N) is 1. The maximum atomic E-state index is 16.2. The van der Waals surface area contributed by atoms with Gasteiger partial charge < -0.3 is 24.3 Å². The Morgan fingerprint density at radius 1 is 1.23 bits per heavy atom. The molecule has 5 atom stereocenters. The van der Waals surface area contributed by atoms with Gasteiger partial charge in [0.2, 0.25) is 5.72 Å². The van der Waals surface area contributed by atoms with Crippen molar-refractivity contribution in [2.45, 2.75) is 30.3 Å². The quantitative estimate of drug-likeness (QED) is 0.0527. The normalized spacial score (nSPS) is 21.4. The number of thiol groups is 1. The molecule has 0 amide bonds. The minimum atomic E-state index is -2.45. The monoisotopic (exact) mass is 646 g/mol. The van der Waals surface area contributed by atoms with Crippen molar-refractivity contribution in [1.82, 2.24) is 9.55 Å². The third-order valence-corrected chi connectivity index (χ3v) is 6.98. The predicted octanol–water partition coefficient (Wildman–Crippen LogP) is 3.74. The van der Waals surface area contributed by atoms with Gasteiger partial charge in [0.15, 0.2) is 18.5 Å². The Hall–Kier alpha value is -4.63. The molecule has 1 aliphatic rings. The summed E-state index contributed by atoms with van der Waals surface area (Å²) in [5, 5.41) is 6.65. The molecule has 4 rings (SSSR count). The molecule has 0 spiro atoms. The van der Waals surface area contributed by atoms with Gasteiger partial charge in [-0.25, -0.2) is 18.8 Å². The van der Waals surface area contributed by atoms with Gasteiger partial charge in [-0.3, -0.25) is 9.36 Å². The Labute approximate surface area is 259 Å². The third kappa shape index (κ3) is 7.47. The largest absolute Gasteiger partial charge is 0.466 e. The van der Waals surface area contributed by atoms with Crippen molar-refractivity contribution in [3.63, 3.8) is 0 Å². The SMILES string of the molecule is [N-]=[N+]=N[C@]1(COC(=O)c2cccc(Cl)c2)OC(n2ccc(N[C@@H](CS)COC=O)nc2=O)[C@@H](F)C1OC(=O)c1ccccc1. The summed E-state index contributed by atoms with van der Waals surface area (Å²) in [5.41, 5.74) is 6.03. The fraction of sp³-hybridized carbons (Fsp3) is 0.296. The van der Waals surface area contributed by atoms with Crippen molar-refractivity contribution in [3.8, 4) is 0 Å². The molecule has 3 aromatic rings. The summed E-state index contributed by atoms with van der Waals surface area (Å²) in [6.45, 7) is -0.715. The molecule has 17 heteroatoms. The second-order valence-corrected chi connectivity index (χ2v) is 10.0. The number of ether oxygens (including phenoxy) is 4. The molecule has 1 aliphatic heterocycles. The molecule has 1 fully saturated rings. The van der Waals surface area contributed by atoms with Crippen LogP contribution < -0.4 is 11.0 Å². The lowest BCUT2D eigenvalue weighted by molar-refractivity contribution is -0.129. The lowest BCUT2D eigenvalue weighted by Gasteiger charge is -2.28. The Morgan fingerprint density at radius 2 is 1.98 bits per heavy atom. The van der Waals surface area contributed by atoms with Gasteiger partial charge in [-0.1, -0.05) is 41.0 Å². The number of benzene rings is 2. The van der Waals surface area contributed by atoms with Gasteiger partial charge in [0.05, 0.1) is 17.2 Å².